The molecule has 1 aromatic carbocycles. The second-order valence-electron chi connectivity index (χ2n) is 4.24. The molecule has 0 amide bonds. The van der Waals surface area contributed by atoms with Crippen LogP contribution >= 0.6 is 15.9 Å². The van der Waals surface area contributed by atoms with E-state index in [0.717, 1.165) is 0 Å². The molecule has 0 saturated carbocycles. The molecule has 0 bridgehead atoms. The van der Waals surface area contributed by atoms with Crippen LogP contribution in [0, 0.1) is 0 Å². The van der Waals surface area contributed by atoms with Gasteiger partial charge in [-0.05, 0) is 40.5 Å². The van der Waals surface area contributed by atoms with Crippen molar-refractivity contribution >= 4 is 31.6 Å². The molecular weight excluding hydrogens is 344 g/mol. The summed E-state index contributed by atoms with van der Waals surface area (Å²) >= 11 is 3.21. The highest BCUT2D eigenvalue weighted by molar-refractivity contribution is 9.10. The number of benzene rings is 1. The molecule has 0 fully saturated rings. The van der Waals surface area contributed by atoms with Crippen LogP contribution in [0.3, 0.4) is 0 Å². The standard InChI is InChI=1S/C12H15BrN4O2S/c13-11-8-10(14)2-3-12(11)20(18,19)16-4-1-6-17-7-5-15-9-17/h2-3,5,7-9,16H,1,4,6,14H2. The summed E-state index contributed by atoms with van der Waals surface area (Å²) in [6.45, 7) is 1.07. The summed E-state index contributed by atoms with van der Waals surface area (Å²) in [4.78, 5) is 4.11. The predicted molar refractivity (Wildman–Crippen MR) is 80.6 cm³/mol. The van der Waals surface area contributed by atoms with Crippen LogP contribution in [0.5, 0.6) is 0 Å². The Bertz CT molecular complexity index is 671. The Balaban J connectivity index is 1.93. The molecule has 108 valence electrons. The van der Waals surface area contributed by atoms with Crippen LogP contribution in [-0.4, -0.2) is 24.5 Å². The Morgan fingerprint density at radius 3 is 2.85 bits per heavy atom. The van der Waals surface area contributed by atoms with Gasteiger partial charge in [0.1, 0.15) is 0 Å². The molecule has 6 nitrogen and oxygen atoms in total. The summed E-state index contributed by atoms with van der Waals surface area (Å²) in [5, 5.41) is 0. The average Bonchev–Trinajstić information content (AvgIpc) is 2.87. The van der Waals surface area contributed by atoms with Gasteiger partial charge in [-0.25, -0.2) is 18.1 Å². The molecule has 8 heteroatoms. The number of nitrogens with zero attached hydrogens (tertiary/aromatic N) is 2. The topological polar surface area (TPSA) is 90.0 Å². The van der Waals surface area contributed by atoms with Crippen molar-refractivity contribution in [2.75, 3.05) is 12.3 Å². The summed E-state index contributed by atoms with van der Waals surface area (Å²) in [6.07, 6.45) is 5.91. The molecular formula is C12H15BrN4O2S. The van der Waals surface area contributed by atoms with E-state index in [9.17, 15) is 8.42 Å². The third-order valence-corrected chi connectivity index (χ3v) is 5.13. The lowest BCUT2D eigenvalue weighted by Crippen LogP contribution is -2.25. The minimum Gasteiger partial charge on any atom is -0.399 e. The SMILES string of the molecule is Nc1ccc(S(=O)(=O)NCCCn2ccnc2)c(Br)c1. The Hall–Kier alpha value is -1.38. The van der Waals surface area contributed by atoms with Crippen LogP contribution in [0.2, 0.25) is 0 Å². The van der Waals surface area contributed by atoms with Gasteiger partial charge in [0.05, 0.1) is 11.2 Å². The summed E-state index contributed by atoms with van der Waals surface area (Å²) in [7, 11) is -3.53. The Morgan fingerprint density at radius 2 is 2.20 bits per heavy atom. The maximum Gasteiger partial charge on any atom is 0.241 e. The van der Waals surface area contributed by atoms with E-state index in [1.165, 1.54) is 6.07 Å². The number of imidazole rings is 1. The number of nitrogen functional groups attached to an aromatic ring is 1. The highest BCUT2D eigenvalue weighted by Gasteiger charge is 2.16. The number of aromatic nitrogens is 2. The average molecular weight is 359 g/mol. The maximum atomic E-state index is 12.1. The maximum absolute atomic E-state index is 12.1. The summed E-state index contributed by atoms with van der Waals surface area (Å²) in [5.74, 6) is 0. The second-order valence-corrected chi connectivity index (χ2v) is 6.83. The molecule has 0 aliphatic heterocycles. The van der Waals surface area contributed by atoms with E-state index in [0.29, 0.717) is 29.7 Å². The number of nitrogens with one attached hydrogen (secondary N) is 1. The molecule has 0 aliphatic rings. The third kappa shape index (κ3) is 3.81. The van der Waals surface area contributed by atoms with Gasteiger partial charge in [-0.3, -0.25) is 0 Å². The van der Waals surface area contributed by atoms with Crippen molar-refractivity contribution in [2.45, 2.75) is 17.9 Å². The normalized spacial score (nSPS) is 11.7. The highest BCUT2D eigenvalue weighted by Crippen LogP contribution is 2.23. The van der Waals surface area contributed by atoms with Gasteiger partial charge in [0, 0.05) is 35.6 Å². The van der Waals surface area contributed by atoms with E-state index in [1.54, 1.807) is 24.7 Å². The molecule has 1 aromatic heterocycles. The zero-order valence-corrected chi connectivity index (χ0v) is 13.1. The number of hydrogen-bond acceptors (Lipinski definition) is 4. The zero-order valence-electron chi connectivity index (χ0n) is 10.7. The van der Waals surface area contributed by atoms with Crippen molar-refractivity contribution in [1.82, 2.24) is 14.3 Å². The van der Waals surface area contributed by atoms with Gasteiger partial charge in [0.2, 0.25) is 10.0 Å². The molecule has 3 N–H and O–H groups in total. The Labute approximate surface area is 126 Å². The van der Waals surface area contributed by atoms with E-state index >= 15 is 0 Å². The fraction of sp³-hybridized carbons (Fsp3) is 0.250. The van der Waals surface area contributed by atoms with Crippen molar-refractivity contribution in [1.29, 1.82) is 0 Å². The number of nitrogens with two attached hydrogens (primary N) is 1. The van der Waals surface area contributed by atoms with Gasteiger partial charge in [-0.1, -0.05) is 0 Å². The van der Waals surface area contributed by atoms with Gasteiger partial charge < -0.3 is 10.3 Å². The number of halogens is 1. The summed E-state index contributed by atoms with van der Waals surface area (Å²) < 4.78 is 29.2. The fourth-order valence-corrected chi connectivity index (χ4v) is 3.87. The van der Waals surface area contributed by atoms with Crippen LogP contribution in [-0.2, 0) is 16.6 Å². The first-order valence-corrected chi connectivity index (χ1v) is 8.27. The minimum atomic E-state index is -3.53. The monoisotopic (exact) mass is 358 g/mol. The summed E-state index contributed by atoms with van der Waals surface area (Å²) in [6, 6.07) is 4.61. The lowest BCUT2D eigenvalue weighted by atomic mass is 10.3. The van der Waals surface area contributed by atoms with Crippen LogP contribution in [0.1, 0.15) is 6.42 Å². The largest absolute Gasteiger partial charge is 0.399 e. The van der Waals surface area contributed by atoms with Crippen molar-refractivity contribution in [3.05, 3.63) is 41.4 Å². The van der Waals surface area contributed by atoms with Crippen LogP contribution in [0.25, 0.3) is 0 Å². The lowest BCUT2D eigenvalue weighted by molar-refractivity contribution is 0.569. The van der Waals surface area contributed by atoms with E-state index < -0.39 is 10.0 Å². The summed E-state index contributed by atoms with van der Waals surface area (Å²) in [5.41, 5.74) is 6.10. The molecule has 2 rings (SSSR count). The van der Waals surface area contributed by atoms with Gasteiger partial charge in [0.15, 0.2) is 0 Å². The zero-order chi connectivity index (χ0) is 14.6. The smallest absolute Gasteiger partial charge is 0.241 e. The lowest BCUT2D eigenvalue weighted by Gasteiger charge is -2.09. The van der Waals surface area contributed by atoms with Gasteiger partial charge in [-0.2, -0.15) is 0 Å². The van der Waals surface area contributed by atoms with Crippen molar-refractivity contribution in [3.63, 3.8) is 0 Å². The van der Waals surface area contributed by atoms with E-state index in [1.807, 2.05) is 10.8 Å². The second kappa shape index (κ2) is 6.38. The van der Waals surface area contributed by atoms with Crippen molar-refractivity contribution < 1.29 is 8.42 Å². The number of rotatable bonds is 6. The highest BCUT2D eigenvalue weighted by atomic mass is 79.9. The molecule has 0 radical (unpaired) electrons. The quantitative estimate of drug-likeness (QED) is 0.606. The first kappa shape index (κ1) is 15.0. The van der Waals surface area contributed by atoms with Gasteiger partial charge in [-0.15, -0.1) is 0 Å². The predicted octanol–water partition coefficient (Wildman–Crippen LogP) is 1.60. The van der Waals surface area contributed by atoms with E-state index in [4.69, 9.17) is 5.73 Å². The molecule has 0 atom stereocenters. The molecule has 0 aliphatic carbocycles. The van der Waals surface area contributed by atoms with Crippen molar-refractivity contribution in [2.24, 2.45) is 0 Å². The van der Waals surface area contributed by atoms with Gasteiger partial charge >= 0.3 is 0 Å². The molecule has 20 heavy (non-hydrogen) atoms. The number of aryl methyl sites for hydroxylation is 1. The number of anilines is 1. The third-order valence-electron chi connectivity index (χ3n) is 2.69. The van der Waals surface area contributed by atoms with Crippen LogP contribution < -0.4 is 10.5 Å². The molecule has 2 aromatic rings. The first-order valence-electron chi connectivity index (χ1n) is 5.99. The minimum absolute atomic E-state index is 0.189. The molecule has 0 spiro atoms. The fourth-order valence-electron chi connectivity index (χ4n) is 1.70. The molecule has 0 unspecified atom stereocenters. The molecule has 1 heterocycles. The Kier molecular flexibility index (Phi) is 4.79. The molecule has 0 saturated heterocycles. The Morgan fingerprint density at radius 1 is 1.40 bits per heavy atom. The van der Waals surface area contributed by atoms with Crippen LogP contribution in [0.15, 0.2) is 46.3 Å². The van der Waals surface area contributed by atoms with Crippen molar-refractivity contribution in [3.8, 4) is 0 Å². The number of sulfonamides is 1. The van der Waals surface area contributed by atoms with Crippen LogP contribution in [0.4, 0.5) is 5.69 Å². The number of hydrogen-bond donors (Lipinski definition) is 2. The van der Waals surface area contributed by atoms with E-state index in [2.05, 4.69) is 25.6 Å². The van der Waals surface area contributed by atoms with E-state index in [-0.39, 0.29) is 4.90 Å². The first-order chi connectivity index (χ1) is 9.49. The van der Waals surface area contributed by atoms with Gasteiger partial charge in [0.25, 0.3) is 0 Å².